The number of anilines is 1. The third kappa shape index (κ3) is 17.8. The van der Waals surface area contributed by atoms with Gasteiger partial charge in [0.1, 0.15) is 22.7 Å². The summed E-state index contributed by atoms with van der Waals surface area (Å²) in [5.41, 5.74) is 4.42. The smallest absolute Gasteiger partial charge is 0.412 e. The number of rotatable bonds is 11. The minimum absolute atomic E-state index is 0.227. The summed E-state index contributed by atoms with van der Waals surface area (Å²) < 4.78 is 39.2. The fourth-order valence-corrected chi connectivity index (χ4v) is 6.17. The Labute approximate surface area is 365 Å². The average molecular weight is 859 g/mol. The maximum absolute atomic E-state index is 12.3. The first-order chi connectivity index (χ1) is 30.0. The normalized spacial score (nSPS) is 14.8. The van der Waals surface area contributed by atoms with Crippen molar-refractivity contribution in [2.75, 3.05) is 78.9 Å². The van der Waals surface area contributed by atoms with Crippen LogP contribution >= 0.6 is 0 Å². The number of nitrogens with zero attached hydrogens (tertiary/aromatic N) is 5. The van der Waals surface area contributed by atoms with Gasteiger partial charge in [-0.25, -0.2) is 24.4 Å². The molecule has 2 bridgehead atoms. The highest BCUT2D eigenvalue weighted by atomic mass is 16.6. The number of carbonyl (C=O) groups excluding carboxylic acids is 3. The highest BCUT2D eigenvalue weighted by molar-refractivity contribution is 5.87. The highest BCUT2D eigenvalue weighted by Crippen LogP contribution is 2.21. The molecule has 1 aliphatic heterocycles. The fourth-order valence-electron chi connectivity index (χ4n) is 6.17. The van der Waals surface area contributed by atoms with Crippen molar-refractivity contribution < 1.29 is 47.5 Å². The number of pyridine rings is 3. The topological polar surface area (TPSA) is 173 Å². The molecule has 4 aromatic rings. The Morgan fingerprint density at radius 3 is 1.63 bits per heavy atom. The highest BCUT2D eigenvalue weighted by Gasteiger charge is 2.18. The molecule has 0 atom stereocenters. The van der Waals surface area contributed by atoms with Crippen molar-refractivity contribution in [3.05, 3.63) is 113 Å². The number of ether oxygens (including phenoxy) is 7. The first kappa shape index (κ1) is 49.1. The third-order valence-corrected chi connectivity index (χ3v) is 8.96. The lowest BCUT2D eigenvalue weighted by molar-refractivity contribution is 0.00533. The van der Waals surface area contributed by atoms with Gasteiger partial charge in [0.05, 0.1) is 83.2 Å². The van der Waals surface area contributed by atoms with Crippen LogP contribution in [-0.2, 0) is 61.0 Å². The molecule has 3 aromatic heterocycles. The van der Waals surface area contributed by atoms with Crippen LogP contribution in [0.3, 0.4) is 0 Å². The summed E-state index contributed by atoms with van der Waals surface area (Å²) in [6.07, 6.45) is 0.0987. The maximum atomic E-state index is 12.3. The van der Waals surface area contributed by atoms with Crippen LogP contribution in [-0.4, -0.2) is 122 Å². The Kier molecular flexibility index (Phi) is 20.7. The molecule has 16 heteroatoms. The van der Waals surface area contributed by atoms with E-state index in [1.165, 1.54) is 14.2 Å². The Hall–Kier alpha value is -5.52. The van der Waals surface area contributed by atoms with Crippen LogP contribution in [0.2, 0.25) is 0 Å². The summed E-state index contributed by atoms with van der Waals surface area (Å²) in [5, 5.41) is 2.76. The summed E-state index contributed by atoms with van der Waals surface area (Å²) in [5.74, 6) is -0.368. The lowest BCUT2D eigenvalue weighted by Crippen LogP contribution is -2.30. The van der Waals surface area contributed by atoms with Crippen molar-refractivity contribution in [1.82, 2.24) is 24.8 Å². The van der Waals surface area contributed by atoms with Gasteiger partial charge < -0.3 is 33.2 Å². The van der Waals surface area contributed by atoms with Crippen molar-refractivity contribution >= 4 is 23.7 Å². The average Bonchev–Trinajstić information content (AvgIpc) is 3.25. The van der Waals surface area contributed by atoms with Gasteiger partial charge in [-0.1, -0.05) is 38.1 Å². The number of esters is 2. The molecule has 1 aromatic carbocycles. The molecular formula is C46H62N6O10. The predicted octanol–water partition coefficient (Wildman–Crippen LogP) is 6.51. The second kappa shape index (κ2) is 26.1. The number of aromatic nitrogens is 3. The lowest BCUT2D eigenvalue weighted by Gasteiger charge is -2.24. The van der Waals surface area contributed by atoms with E-state index in [2.05, 4.69) is 25.1 Å². The Morgan fingerprint density at radius 2 is 1.16 bits per heavy atom. The van der Waals surface area contributed by atoms with E-state index in [1.807, 2.05) is 83.1 Å². The number of hydrogen-bond acceptors (Lipinski definition) is 15. The minimum atomic E-state index is -0.598. The lowest BCUT2D eigenvalue weighted by atomic mass is 10.1. The SMILES string of the molecule is CC.COC(=O)c1cccc(CN2CCOCCOCCOCCN(Cc3cccc(C(=O)OC)n3)Cc3cc(OCCc4ccc(NC(=O)OC(C)(C)C)cc4)cc(n3)C2)n1. The van der Waals surface area contributed by atoms with E-state index in [0.29, 0.717) is 115 Å². The molecule has 0 saturated carbocycles. The standard InChI is InChI=1S/C44H56N6O10.C2H6/c1-44(2,3)60-43(53)48-33-14-12-32(13-15-33)16-19-59-38-26-36-30-49(28-34-8-6-10-39(46-34)41(51)54-4)17-20-56-22-24-58-25-23-57-21-18-50(31-37(27-38)45-36)29-35-9-7-11-40(47-35)42(52)55-5;1-2/h6-15,26-27H,16-25,28-31H2,1-5H3,(H,48,53);1-2H3. The zero-order valence-electron chi connectivity index (χ0n) is 37.1. The summed E-state index contributed by atoms with van der Waals surface area (Å²) in [7, 11) is 2.66. The molecule has 0 aliphatic carbocycles. The quantitative estimate of drug-likeness (QED) is 0.128. The molecule has 5 rings (SSSR count). The summed E-state index contributed by atoms with van der Waals surface area (Å²) in [4.78, 5) is 55.4. The Morgan fingerprint density at radius 1 is 0.677 bits per heavy atom. The fraction of sp³-hybridized carbons (Fsp3) is 0.478. The number of carbonyl (C=O) groups is 3. The number of benzene rings is 1. The molecule has 336 valence electrons. The van der Waals surface area contributed by atoms with Crippen LogP contribution < -0.4 is 10.1 Å². The molecule has 0 fully saturated rings. The van der Waals surface area contributed by atoms with Gasteiger partial charge in [-0.15, -0.1) is 0 Å². The van der Waals surface area contributed by atoms with E-state index in [4.69, 9.17) is 38.1 Å². The molecule has 1 aliphatic rings. The van der Waals surface area contributed by atoms with Crippen LogP contribution in [0.15, 0.2) is 72.8 Å². The zero-order chi connectivity index (χ0) is 44.7. The molecule has 1 N–H and O–H groups in total. The molecule has 0 unspecified atom stereocenters. The zero-order valence-corrected chi connectivity index (χ0v) is 37.1. The number of fused-ring (bicyclic) bond motifs is 2. The summed E-state index contributed by atoms with van der Waals surface area (Å²) in [6.45, 7) is 15.1. The molecule has 0 saturated heterocycles. The van der Waals surface area contributed by atoms with E-state index in [9.17, 15) is 14.4 Å². The van der Waals surface area contributed by atoms with Gasteiger partial charge in [0, 0.05) is 63.5 Å². The van der Waals surface area contributed by atoms with E-state index in [0.717, 1.165) is 17.0 Å². The molecular weight excluding hydrogens is 797 g/mol. The maximum Gasteiger partial charge on any atom is 0.412 e. The van der Waals surface area contributed by atoms with Crippen molar-refractivity contribution in [3.63, 3.8) is 0 Å². The number of amides is 1. The first-order valence-electron chi connectivity index (χ1n) is 20.9. The van der Waals surface area contributed by atoms with Gasteiger partial charge in [-0.05, 0) is 62.7 Å². The van der Waals surface area contributed by atoms with Gasteiger partial charge in [-0.2, -0.15) is 0 Å². The molecule has 1 amide bonds. The molecule has 0 radical (unpaired) electrons. The van der Waals surface area contributed by atoms with Crippen LogP contribution in [0, 0.1) is 0 Å². The van der Waals surface area contributed by atoms with Gasteiger partial charge in [0.25, 0.3) is 0 Å². The van der Waals surface area contributed by atoms with Gasteiger partial charge in [-0.3, -0.25) is 20.1 Å². The molecule has 62 heavy (non-hydrogen) atoms. The van der Waals surface area contributed by atoms with Gasteiger partial charge >= 0.3 is 18.0 Å². The molecule has 4 heterocycles. The van der Waals surface area contributed by atoms with Gasteiger partial charge in [0.15, 0.2) is 0 Å². The molecule has 0 spiro atoms. The Bertz CT molecular complexity index is 1890. The first-order valence-corrected chi connectivity index (χ1v) is 20.9. The van der Waals surface area contributed by atoms with Crippen molar-refractivity contribution in [3.8, 4) is 5.75 Å². The van der Waals surface area contributed by atoms with E-state index in [-0.39, 0.29) is 11.4 Å². The summed E-state index contributed by atoms with van der Waals surface area (Å²) in [6, 6.07) is 22.0. The van der Waals surface area contributed by atoms with Crippen molar-refractivity contribution in [2.24, 2.45) is 0 Å². The number of nitrogens with one attached hydrogen (secondary N) is 1. The largest absolute Gasteiger partial charge is 0.493 e. The van der Waals surface area contributed by atoms with Crippen LogP contribution in [0.25, 0.3) is 0 Å². The third-order valence-electron chi connectivity index (χ3n) is 8.96. The van der Waals surface area contributed by atoms with Crippen LogP contribution in [0.5, 0.6) is 5.75 Å². The van der Waals surface area contributed by atoms with Crippen molar-refractivity contribution in [2.45, 2.75) is 72.8 Å². The minimum Gasteiger partial charge on any atom is -0.493 e. The van der Waals surface area contributed by atoms with E-state index in [1.54, 1.807) is 24.3 Å². The van der Waals surface area contributed by atoms with Crippen molar-refractivity contribution in [1.29, 1.82) is 0 Å². The van der Waals surface area contributed by atoms with E-state index < -0.39 is 23.6 Å². The second-order valence-electron chi connectivity index (χ2n) is 15.0. The molecule has 16 nitrogen and oxygen atoms in total. The Balaban J connectivity index is 0.00000416. The monoisotopic (exact) mass is 858 g/mol. The summed E-state index contributed by atoms with van der Waals surface area (Å²) >= 11 is 0. The number of methoxy groups -OCH3 is 2. The number of hydrogen-bond donors (Lipinski definition) is 1. The van der Waals surface area contributed by atoms with E-state index >= 15 is 0 Å². The predicted molar refractivity (Wildman–Crippen MR) is 233 cm³/mol. The van der Waals surface area contributed by atoms with Gasteiger partial charge in [0.2, 0.25) is 0 Å². The van der Waals surface area contributed by atoms with Crippen LogP contribution in [0.4, 0.5) is 10.5 Å². The second-order valence-corrected chi connectivity index (χ2v) is 15.0. The van der Waals surface area contributed by atoms with Crippen LogP contribution in [0.1, 0.15) is 83.9 Å².